The van der Waals surface area contributed by atoms with Crippen molar-refractivity contribution >= 4 is 5.82 Å². The molecule has 1 aromatic heterocycles. The summed E-state index contributed by atoms with van der Waals surface area (Å²) in [7, 11) is 3.55. The van der Waals surface area contributed by atoms with Crippen LogP contribution in [0.3, 0.4) is 0 Å². The summed E-state index contributed by atoms with van der Waals surface area (Å²) in [5, 5.41) is 3.03. The van der Waals surface area contributed by atoms with Crippen molar-refractivity contribution in [2.75, 3.05) is 32.7 Å². The van der Waals surface area contributed by atoms with Crippen molar-refractivity contribution in [3.05, 3.63) is 23.9 Å². The molecule has 0 radical (unpaired) electrons. The topological polar surface area (TPSA) is 43.4 Å². The highest BCUT2D eigenvalue weighted by molar-refractivity contribution is 5.42. The van der Waals surface area contributed by atoms with Gasteiger partial charge in [-0.05, 0) is 12.5 Å². The van der Waals surface area contributed by atoms with E-state index in [1.807, 2.05) is 19.2 Å². The van der Waals surface area contributed by atoms with Crippen molar-refractivity contribution < 1.29 is 9.47 Å². The lowest BCUT2D eigenvalue weighted by atomic mass is 10.3. The van der Waals surface area contributed by atoms with Crippen LogP contribution in [0.2, 0.25) is 0 Å². The maximum Gasteiger partial charge on any atom is 0.131 e. The predicted molar refractivity (Wildman–Crippen MR) is 59.9 cm³/mol. The second kappa shape index (κ2) is 7.20. The number of ether oxygens (including phenoxy) is 2. The summed E-state index contributed by atoms with van der Waals surface area (Å²) in [5.41, 5.74) is 1.08. The largest absolute Gasteiger partial charge is 0.385 e. The Morgan fingerprint density at radius 1 is 1.40 bits per heavy atom. The third kappa shape index (κ3) is 4.27. The molecule has 0 unspecified atom stereocenters. The van der Waals surface area contributed by atoms with Crippen molar-refractivity contribution in [2.24, 2.45) is 0 Å². The van der Waals surface area contributed by atoms with E-state index in [4.69, 9.17) is 9.47 Å². The predicted octanol–water partition coefficient (Wildman–Crippen LogP) is 1.68. The molecule has 0 fully saturated rings. The minimum Gasteiger partial charge on any atom is -0.385 e. The molecule has 0 saturated carbocycles. The molecular formula is C11H18N2O2. The van der Waals surface area contributed by atoms with Crippen LogP contribution in [0.4, 0.5) is 5.82 Å². The molecule has 0 aliphatic heterocycles. The molecule has 15 heavy (non-hydrogen) atoms. The van der Waals surface area contributed by atoms with Gasteiger partial charge in [0.25, 0.3) is 0 Å². The number of aromatic nitrogens is 1. The highest BCUT2D eigenvalue weighted by Gasteiger charge is 2.00. The van der Waals surface area contributed by atoms with Gasteiger partial charge in [-0.3, -0.25) is 0 Å². The lowest BCUT2D eigenvalue weighted by Crippen LogP contribution is -2.03. The normalized spacial score (nSPS) is 10.3. The van der Waals surface area contributed by atoms with Gasteiger partial charge in [0.15, 0.2) is 0 Å². The molecule has 1 N–H and O–H groups in total. The number of rotatable bonds is 7. The average Bonchev–Trinajstić information content (AvgIpc) is 2.29. The maximum atomic E-state index is 5.50. The molecule has 0 aliphatic carbocycles. The number of nitrogens with zero attached hydrogens (tertiary/aromatic N) is 1. The third-order valence-corrected chi connectivity index (χ3v) is 2.02. The van der Waals surface area contributed by atoms with E-state index < -0.39 is 0 Å². The summed E-state index contributed by atoms with van der Waals surface area (Å²) in [5.74, 6) is 0.879. The quantitative estimate of drug-likeness (QED) is 0.695. The monoisotopic (exact) mass is 210 g/mol. The maximum absolute atomic E-state index is 5.50. The molecule has 0 amide bonds. The van der Waals surface area contributed by atoms with E-state index in [0.29, 0.717) is 13.2 Å². The molecule has 0 bridgehead atoms. The number of nitrogens with one attached hydrogen (secondary N) is 1. The number of hydrogen-bond donors (Lipinski definition) is 1. The van der Waals surface area contributed by atoms with Crippen LogP contribution in [-0.2, 0) is 16.1 Å². The van der Waals surface area contributed by atoms with E-state index in [0.717, 1.165) is 24.4 Å². The lowest BCUT2D eigenvalue weighted by molar-refractivity contribution is 0.0930. The Morgan fingerprint density at radius 3 is 3.00 bits per heavy atom. The first-order valence-electron chi connectivity index (χ1n) is 5.06. The van der Waals surface area contributed by atoms with Crippen molar-refractivity contribution in [3.63, 3.8) is 0 Å². The van der Waals surface area contributed by atoms with Gasteiger partial charge in [0.2, 0.25) is 0 Å². The Labute approximate surface area is 90.6 Å². The zero-order valence-corrected chi connectivity index (χ0v) is 9.32. The minimum atomic E-state index is 0.591. The van der Waals surface area contributed by atoms with Crippen LogP contribution in [-0.4, -0.2) is 32.4 Å². The first-order valence-corrected chi connectivity index (χ1v) is 5.06. The Kier molecular flexibility index (Phi) is 5.73. The second-order valence-electron chi connectivity index (χ2n) is 3.16. The minimum absolute atomic E-state index is 0.591. The van der Waals surface area contributed by atoms with Gasteiger partial charge in [-0.15, -0.1) is 0 Å². The van der Waals surface area contributed by atoms with E-state index >= 15 is 0 Å². The van der Waals surface area contributed by atoms with Gasteiger partial charge in [0.1, 0.15) is 5.82 Å². The Bertz CT molecular complexity index is 279. The Morgan fingerprint density at radius 2 is 2.27 bits per heavy atom. The van der Waals surface area contributed by atoms with Crippen LogP contribution in [0.15, 0.2) is 18.3 Å². The molecule has 1 rings (SSSR count). The fraction of sp³-hybridized carbons (Fsp3) is 0.545. The molecule has 1 aromatic rings. The van der Waals surface area contributed by atoms with Gasteiger partial charge in [-0.1, -0.05) is 6.07 Å². The van der Waals surface area contributed by atoms with Gasteiger partial charge < -0.3 is 14.8 Å². The molecule has 0 saturated heterocycles. The van der Waals surface area contributed by atoms with Crippen molar-refractivity contribution in [2.45, 2.75) is 13.0 Å². The number of hydrogen-bond acceptors (Lipinski definition) is 4. The second-order valence-corrected chi connectivity index (χ2v) is 3.16. The highest BCUT2D eigenvalue weighted by atomic mass is 16.5. The SMILES string of the molecule is CNc1ncccc1COCCCOC. The molecule has 0 spiro atoms. The average molecular weight is 210 g/mol. The van der Waals surface area contributed by atoms with Gasteiger partial charge in [0.05, 0.1) is 6.61 Å². The van der Waals surface area contributed by atoms with Gasteiger partial charge >= 0.3 is 0 Å². The van der Waals surface area contributed by atoms with E-state index in [1.165, 1.54) is 0 Å². The number of pyridine rings is 1. The van der Waals surface area contributed by atoms with Crippen LogP contribution in [0, 0.1) is 0 Å². The molecule has 1 heterocycles. The fourth-order valence-corrected chi connectivity index (χ4v) is 1.27. The van der Waals surface area contributed by atoms with Crippen molar-refractivity contribution in [3.8, 4) is 0 Å². The lowest BCUT2D eigenvalue weighted by Gasteiger charge is -2.08. The highest BCUT2D eigenvalue weighted by Crippen LogP contribution is 2.11. The van der Waals surface area contributed by atoms with E-state index in [2.05, 4.69) is 10.3 Å². The molecule has 4 heteroatoms. The summed E-state index contributed by atoms with van der Waals surface area (Å²) in [4.78, 5) is 4.20. The molecule has 0 aromatic carbocycles. The van der Waals surface area contributed by atoms with E-state index in [-0.39, 0.29) is 0 Å². The summed E-state index contributed by atoms with van der Waals surface area (Å²) in [6.07, 6.45) is 2.69. The van der Waals surface area contributed by atoms with Crippen molar-refractivity contribution in [1.82, 2.24) is 4.98 Å². The van der Waals surface area contributed by atoms with E-state index in [9.17, 15) is 0 Å². The van der Waals surface area contributed by atoms with Crippen molar-refractivity contribution in [1.29, 1.82) is 0 Å². The third-order valence-electron chi connectivity index (χ3n) is 2.02. The molecular weight excluding hydrogens is 192 g/mol. The van der Waals surface area contributed by atoms with Gasteiger partial charge in [0, 0.05) is 39.1 Å². The molecule has 0 aliphatic rings. The first-order chi connectivity index (χ1) is 7.38. The fourth-order valence-electron chi connectivity index (χ4n) is 1.27. The molecule has 0 atom stereocenters. The van der Waals surface area contributed by atoms with E-state index in [1.54, 1.807) is 13.3 Å². The zero-order valence-electron chi connectivity index (χ0n) is 9.32. The van der Waals surface area contributed by atoms with Crippen LogP contribution in [0.1, 0.15) is 12.0 Å². The molecule has 84 valence electrons. The van der Waals surface area contributed by atoms with Crippen LogP contribution in [0.5, 0.6) is 0 Å². The summed E-state index contributed by atoms with van der Waals surface area (Å²) < 4.78 is 10.4. The summed E-state index contributed by atoms with van der Waals surface area (Å²) >= 11 is 0. The number of anilines is 1. The zero-order chi connectivity index (χ0) is 10.9. The standard InChI is InChI=1S/C11H18N2O2/c1-12-11-10(5-3-6-13-11)9-15-8-4-7-14-2/h3,5-6H,4,7-9H2,1-2H3,(H,12,13). The van der Waals surface area contributed by atoms with Gasteiger partial charge in [-0.25, -0.2) is 4.98 Å². The van der Waals surface area contributed by atoms with Gasteiger partial charge in [-0.2, -0.15) is 0 Å². The molecule has 4 nitrogen and oxygen atoms in total. The summed E-state index contributed by atoms with van der Waals surface area (Å²) in [6, 6.07) is 3.92. The number of methoxy groups -OCH3 is 1. The smallest absolute Gasteiger partial charge is 0.131 e. The van der Waals surface area contributed by atoms with Crippen LogP contribution in [0.25, 0.3) is 0 Å². The van der Waals surface area contributed by atoms with Crippen LogP contribution < -0.4 is 5.32 Å². The first kappa shape index (κ1) is 11.9. The Hall–Kier alpha value is -1.13. The summed E-state index contributed by atoms with van der Waals surface area (Å²) in [6.45, 7) is 2.05. The Balaban J connectivity index is 2.30. The van der Waals surface area contributed by atoms with Crippen LogP contribution >= 0.6 is 0 Å².